The predicted molar refractivity (Wildman–Crippen MR) is 61.1 cm³/mol. The quantitative estimate of drug-likeness (QED) is 0.831. The zero-order valence-corrected chi connectivity index (χ0v) is 9.83. The minimum Gasteiger partial charge on any atom is -0.481 e. The Hall–Kier alpha value is -1.85. The molecule has 0 unspecified atom stereocenters. The van der Waals surface area contributed by atoms with Crippen molar-refractivity contribution in [1.82, 2.24) is 9.97 Å². The summed E-state index contributed by atoms with van der Waals surface area (Å²) in [5, 5.41) is 9.06. The minimum absolute atomic E-state index is 0.0994. The Morgan fingerprint density at radius 2 is 2.35 bits per heavy atom. The topological polar surface area (TPSA) is 75.5 Å². The maximum atomic E-state index is 11.0. The fourth-order valence-corrected chi connectivity index (χ4v) is 2.05. The number of carbonyl (C=O) groups is 1. The van der Waals surface area contributed by atoms with Gasteiger partial charge in [0.25, 0.3) is 0 Å². The molecule has 0 aromatic carbocycles. The third-order valence-electron chi connectivity index (χ3n) is 3.04. The van der Waals surface area contributed by atoms with Crippen LogP contribution in [0.2, 0.25) is 0 Å². The number of ether oxygens (including phenoxy) is 1. The average molecular weight is 237 g/mol. The minimum atomic E-state index is -0.761. The van der Waals surface area contributed by atoms with Gasteiger partial charge in [0.05, 0.1) is 13.0 Å². The van der Waals surface area contributed by atoms with Crippen LogP contribution in [0.5, 0.6) is 5.88 Å². The number of anilines is 1. The summed E-state index contributed by atoms with van der Waals surface area (Å²) in [6.45, 7) is 3.03. The highest BCUT2D eigenvalue weighted by Gasteiger charge is 2.35. The van der Waals surface area contributed by atoms with Gasteiger partial charge in [0.2, 0.25) is 11.8 Å². The van der Waals surface area contributed by atoms with Gasteiger partial charge in [0, 0.05) is 25.4 Å². The van der Waals surface area contributed by atoms with Crippen molar-refractivity contribution in [3.63, 3.8) is 0 Å². The lowest BCUT2D eigenvalue weighted by Gasteiger charge is -2.15. The van der Waals surface area contributed by atoms with E-state index >= 15 is 0 Å². The highest BCUT2D eigenvalue weighted by atomic mass is 16.5. The first-order valence-electron chi connectivity index (χ1n) is 5.46. The Balaban J connectivity index is 2.16. The van der Waals surface area contributed by atoms with E-state index in [2.05, 4.69) is 9.97 Å². The molecule has 1 N–H and O–H groups in total. The molecule has 1 aromatic heterocycles. The maximum absolute atomic E-state index is 11.0. The van der Waals surface area contributed by atoms with Crippen molar-refractivity contribution >= 4 is 11.9 Å². The molecule has 0 radical (unpaired) electrons. The zero-order chi connectivity index (χ0) is 12.4. The molecule has 0 amide bonds. The van der Waals surface area contributed by atoms with Crippen molar-refractivity contribution in [2.75, 3.05) is 25.1 Å². The average Bonchev–Trinajstić information content (AvgIpc) is 2.71. The number of methoxy groups -OCH3 is 1. The Morgan fingerprint density at radius 3 is 2.94 bits per heavy atom. The van der Waals surface area contributed by atoms with E-state index in [9.17, 15) is 4.79 Å². The molecule has 1 aliphatic rings. The molecule has 0 aliphatic carbocycles. The third-order valence-corrected chi connectivity index (χ3v) is 3.04. The van der Waals surface area contributed by atoms with E-state index < -0.39 is 5.97 Å². The van der Waals surface area contributed by atoms with E-state index in [-0.39, 0.29) is 11.8 Å². The van der Waals surface area contributed by atoms with Crippen molar-refractivity contribution in [2.45, 2.75) is 6.92 Å². The molecular formula is C11H15N3O3. The first-order chi connectivity index (χ1) is 8.11. The second kappa shape index (κ2) is 4.57. The Labute approximate surface area is 99.2 Å². The molecule has 0 saturated carbocycles. The highest BCUT2D eigenvalue weighted by Crippen LogP contribution is 2.26. The van der Waals surface area contributed by atoms with Gasteiger partial charge >= 0.3 is 5.97 Å². The molecule has 17 heavy (non-hydrogen) atoms. The smallest absolute Gasteiger partial charge is 0.308 e. The van der Waals surface area contributed by atoms with Crippen molar-refractivity contribution in [2.24, 2.45) is 11.8 Å². The summed E-state index contributed by atoms with van der Waals surface area (Å²) in [4.78, 5) is 21.2. The van der Waals surface area contributed by atoms with Gasteiger partial charge < -0.3 is 14.7 Å². The number of nitrogens with zero attached hydrogens (tertiary/aromatic N) is 3. The number of carboxylic acid groups (broad SMARTS) is 1. The van der Waals surface area contributed by atoms with Crippen molar-refractivity contribution in [3.8, 4) is 5.88 Å². The van der Waals surface area contributed by atoms with Crippen LogP contribution < -0.4 is 9.64 Å². The molecule has 6 heteroatoms. The van der Waals surface area contributed by atoms with Gasteiger partial charge in [-0.3, -0.25) is 4.79 Å². The van der Waals surface area contributed by atoms with Gasteiger partial charge in [-0.25, -0.2) is 4.98 Å². The summed E-state index contributed by atoms with van der Waals surface area (Å²) in [6.07, 6.45) is 1.61. The first kappa shape index (κ1) is 11.6. The van der Waals surface area contributed by atoms with E-state index in [1.54, 1.807) is 19.4 Å². The molecule has 2 atom stereocenters. The van der Waals surface area contributed by atoms with Crippen LogP contribution >= 0.6 is 0 Å². The van der Waals surface area contributed by atoms with Crippen LogP contribution in [0.25, 0.3) is 0 Å². The van der Waals surface area contributed by atoms with Crippen LogP contribution in [0.3, 0.4) is 0 Å². The summed E-state index contributed by atoms with van der Waals surface area (Å²) < 4.78 is 5.02. The predicted octanol–water partition coefficient (Wildman–Crippen LogP) is 0.642. The third kappa shape index (κ3) is 2.30. The van der Waals surface area contributed by atoms with E-state index in [0.717, 1.165) is 0 Å². The lowest BCUT2D eigenvalue weighted by Crippen LogP contribution is -2.24. The summed E-state index contributed by atoms with van der Waals surface area (Å²) in [5.41, 5.74) is 0. The highest BCUT2D eigenvalue weighted by molar-refractivity contribution is 5.72. The number of aromatic nitrogens is 2. The molecular weight excluding hydrogens is 222 g/mol. The molecule has 1 fully saturated rings. The van der Waals surface area contributed by atoms with Crippen LogP contribution in [-0.2, 0) is 4.79 Å². The zero-order valence-electron chi connectivity index (χ0n) is 9.83. The number of hydrogen-bond acceptors (Lipinski definition) is 5. The second-order valence-corrected chi connectivity index (χ2v) is 4.23. The maximum Gasteiger partial charge on any atom is 0.308 e. The lowest BCUT2D eigenvalue weighted by molar-refractivity contribution is -0.142. The van der Waals surface area contributed by atoms with Crippen molar-refractivity contribution < 1.29 is 14.6 Å². The second-order valence-electron chi connectivity index (χ2n) is 4.23. The Morgan fingerprint density at radius 1 is 1.59 bits per heavy atom. The summed E-state index contributed by atoms with van der Waals surface area (Å²) in [6, 6.07) is 1.66. The molecule has 0 spiro atoms. The number of carboxylic acids is 1. The number of aliphatic carboxylic acids is 1. The Bertz CT molecular complexity index is 424. The molecule has 2 heterocycles. The monoisotopic (exact) mass is 237 g/mol. The van der Waals surface area contributed by atoms with Crippen molar-refractivity contribution in [3.05, 3.63) is 12.3 Å². The van der Waals surface area contributed by atoms with E-state index in [1.807, 2.05) is 11.8 Å². The fourth-order valence-electron chi connectivity index (χ4n) is 2.05. The standard InChI is InChI=1S/C11H15N3O3/c1-7-5-14(6-8(7)10(15)16)11-12-4-3-9(13-11)17-2/h3-4,7-8H,5-6H2,1-2H3,(H,15,16)/t7-,8-/m1/s1. The molecule has 1 saturated heterocycles. The van der Waals surface area contributed by atoms with Gasteiger partial charge in [-0.05, 0) is 5.92 Å². The van der Waals surface area contributed by atoms with Gasteiger partial charge in [-0.15, -0.1) is 0 Å². The molecule has 1 aromatic rings. The van der Waals surface area contributed by atoms with E-state index in [4.69, 9.17) is 9.84 Å². The van der Waals surface area contributed by atoms with E-state index in [1.165, 1.54) is 0 Å². The van der Waals surface area contributed by atoms with Gasteiger partial charge in [0.15, 0.2) is 0 Å². The van der Waals surface area contributed by atoms with Crippen LogP contribution in [0.15, 0.2) is 12.3 Å². The molecule has 1 aliphatic heterocycles. The van der Waals surface area contributed by atoms with Crippen LogP contribution in [0.1, 0.15) is 6.92 Å². The molecule has 92 valence electrons. The largest absolute Gasteiger partial charge is 0.481 e. The summed E-state index contributed by atoms with van der Waals surface area (Å²) >= 11 is 0. The normalized spacial score (nSPS) is 23.8. The molecule has 0 bridgehead atoms. The fraction of sp³-hybridized carbons (Fsp3) is 0.545. The lowest BCUT2D eigenvalue weighted by atomic mass is 9.99. The number of hydrogen-bond donors (Lipinski definition) is 1. The molecule has 6 nitrogen and oxygen atoms in total. The van der Waals surface area contributed by atoms with Gasteiger partial charge in [-0.1, -0.05) is 6.92 Å². The van der Waals surface area contributed by atoms with Crippen LogP contribution in [-0.4, -0.2) is 41.2 Å². The SMILES string of the molecule is COc1ccnc(N2C[C@@H](C)[C@H](C(=O)O)C2)n1. The molecule has 2 rings (SSSR count). The van der Waals surface area contributed by atoms with Crippen molar-refractivity contribution in [1.29, 1.82) is 0 Å². The van der Waals surface area contributed by atoms with Crippen LogP contribution in [0.4, 0.5) is 5.95 Å². The Kier molecular flexibility index (Phi) is 3.12. The van der Waals surface area contributed by atoms with Crippen LogP contribution in [0, 0.1) is 11.8 Å². The van der Waals surface area contributed by atoms with Gasteiger partial charge in [-0.2, -0.15) is 4.98 Å². The summed E-state index contributed by atoms with van der Waals surface area (Å²) in [7, 11) is 1.54. The van der Waals surface area contributed by atoms with Gasteiger partial charge in [0.1, 0.15) is 0 Å². The first-order valence-corrected chi connectivity index (χ1v) is 5.46. The van der Waals surface area contributed by atoms with E-state index in [0.29, 0.717) is 24.9 Å². The number of rotatable bonds is 3. The summed E-state index contributed by atoms with van der Waals surface area (Å²) in [5.74, 6) is -0.00336.